The zero-order valence-corrected chi connectivity index (χ0v) is 16.1. The lowest BCUT2D eigenvalue weighted by Crippen LogP contribution is -2.30. The molecular weight excluding hydrogens is 370 g/mol. The number of amides is 1. The number of hydrogen-bond donors (Lipinski definition) is 2. The number of nitrogens with one attached hydrogen (secondary N) is 1. The fourth-order valence-corrected chi connectivity index (χ4v) is 2.85. The summed E-state index contributed by atoms with van der Waals surface area (Å²) in [5, 5.41) is 13.6. The smallest absolute Gasteiger partial charge is 0.276 e. The maximum Gasteiger partial charge on any atom is 0.276 e. The quantitative estimate of drug-likeness (QED) is 0.499. The Bertz CT molecular complexity index is 1120. The first-order valence-corrected chi connectivity index (χ1v) is 8.93. The Labute approximate surface area is 167 Å². The summed E-state index contributed by atoms with van der Waals surface area (Å²) in [5.74, 6) is -0.308. The van der Waals surface area contributed by atoms with Gasteiger partial charge in [0.2, 0.25) is 0 Å². The summed E-state index contributed by atoms with van der Waals surface area (Å²) >= 11 is 0. The molecule has 0 unspecified atom stereocenters. The Hall–Kier alpha value is -3.87. The first kappa shape index (κ1) is 19.9. The summed E-state index contributed by atoms with van der Waals surface area (Å²) in [4.78, 5) is 25.0. The van der Waals surface area contributed by atoms with Crippen LogP contribution in [0.4, 0.5) is 0 Å². The van der Waals surface area contributed by atoms with Crippen LogP contribution in [0.5, 0.6) is 11.5 Å². The van der Waals surface area contributed by atoms with E-state index in [1.807, 2.05) is 31.2 Å². The van der Waals surface area contributed by atoms with Crippen molar-refractivity contribution in [3.63, 3.8) is 0 Å². The number of aromatic nitrogens is 1. The van der Waals surface area contributed by atoms with E-state index in [0.29, 0.717) is 17.9 Å². The van der Waals surface area contributed by atoms with Gasteiger partial charge in [0.1, 0.15) is 5.56 Å². The van der Waals surface area contributed by atoms with E-state index < -0.39 is 11.5 Å². The van der Waals surface area contributed by atoms with Gasteiger partial charge in [-0.2, -0.15) is 5.10 Å². The van der Waals surface area contributed by atoms with Crippen molar-refractivity contribution in [2.24, 2.45) is 5.10 Å². The van der Waals surface area contributed by atoms with Crippen LogP contribution in [0.1, 0.15) is 27.0 Å². The van der Waals surface area contributed by atoms with E-state index in [4.69, 9.17) is 4.74 Å². The molecule has 7 heteroatoms. The van der Waals surface area contributed by atoms with Crippen molar-refractivity contribution in [2.75, 3.05) is 7.11 Å². The van der Waals surface area contributed by atoms with Crippen LogP contribution in [0.2, 0.25) is 0 Å². The molecule has 0 saturated heterocycles. The van der Waals surface area contributed by atoms with Crippen LogP contribution in [0, 0.1) is 6.92 Å². The number of phenolic OH excluding ortho intramolecular Hbond substituents is 1. The normalized spacial score (nSPS) is 10.8. The van der Waals surface area contributed by atoms with Gasteiger partial charge in [0, 0.05) is 6.20 Å². The van der Waals surface area contributed by atoms with Crippen LogP contribution in [0.25, 0.3) is 0 Å². The maximum absolute atomic E-state index is 12.7. The number of pyridine rings is 1. The molecule has 0 aliphatic heterocycles. The highest BCUT2D eigenvalue weighted by molar-refractivity contribution is 5.94. The van der Waals surface area contributed by atoms with E-state index in [0.717, 1.165) is 11.1 Å². The fraction of sp³-hybridized carbons (Fsp3) is 0.136. The third kappa shape index (κ3) is 4.90. The van der Waals surface area contributed by atoms with E-state index in [1.165, 1.54) is 30.0 Å². The summed E-state index contributed by atoms with van der Waals surface area (Å²) < 4.78 is 6.45. The molecule has 1 aromatic heterocycles. The molecule has 1 amide bonds. The van der Waals surface area contributed by atoms with Crippen molar-refractivity contribution >= 4 is 12.1 Å². The zero-order chi connectivity index (χ0) is 20.8. The number of rotatable bonds is 6. The van der Waals surface area contributed by atoms with Crippen LogP contribution in [-0.2, 0) is 6.54 Å². The van der Waals surface area contributed by atoms with Gasteiger partial charge in [0.15, 0.2) is 11.5 Å². The summed E-state index contributed by atoms with van der Waals surface area (Å²) in [6.45, 7) is 2.35. The van der Waals surface area contributed by atoms with E-state index >= 15 is 0 Å². The standard InChI is InChI=1S/C22H21N3O4/c1-15-5-3-6-17(11-15)14-25-10-4-7-18(22(25)28)21(27)24-23-13-16-8-9-20(29-2)19(26)12-16/h3-13,26H,14H2,1-2H3,(H,24,27)/b23-13-. The number of hydrogen-bond acceptors (Lipinski definition) is 5. The van der Waals surface area contributed by atoms with Gasteiger partial charge in [0.05, 0.1) is 19.9 Å². The minimum atomic E-state index is -0.609. The van der Waals surface area contributed by atoms with Crippen molar-refractivity contribution in [2.45, 2.75) is 13.5 Å². The third-order valence-electron chi connectivity index (χ3n) is 4.28. The number of nitrogens with zero attached hydrogens (tertiary/aromatic N) is 2. The number of hydrazone groups is 1. The molecule has 2 N–H and O–H groups in total. The van der Waals surface area contributed by atoms with Crippen molar-refractivity contribution in [3.05, 3.63) is 93.4 Å². The lowest BCUT2D eigenvalue weighted by molar-refractivity contribution is 0.0953. The molecule has 0 saturated carbocycles. The number of benzene rings is 2. The van der Waals surface area contributed by atoms with E-state index in [2.05, 4.69) is 10.5 Å². The molecule has 0 atom stereocenters. The van der Waals surface area contributed by atoms with E-state index in [1.54, 1.807) is 24.4 Å². The number of carbonyl (C=O) groups excluding carboxylic acids is 1. The first-order valence-electron chi connectivity index (χ1n) is 8.93. The van der Waals surface area contributed by atoms with E-state index in [-0.39, 0.29) is 11.3 Å². The molecule has 3 aromatic rings. The van der Waals surface area contributed by atoms with E-state index in [9.17, 15) is 14.7 Å². The highest BCUT2D eigenvalue weighted by atomic mass is 16.5. The molecule has 148 valence electrons. The van der Waals surface area contributed by atoms with Gasteiger partial charge in [-0.1, -0.05) is 29.8 Å². The predicted octanol–water partition coefficient (Wildman–Crippen LogP) is 2.68. The average molecular weight is 391 g/mol. The van der Waals surface area contributed by atoms with Crippen LogP contribution in [-0.4, -0.2) is 28.9 Å². The number of aryl methyl sites for hydroxylation is 1. The average Bonchev–Trinajstić information content (AvgIpc) is 2.70. The number of methoxy groups -OCH3 is 1. The van der Waals surface area contributed by atoms with Crippen molar-refractivity contribution in [3.8, 4) is 11.5 Å². The molecule has 1 heterocycles. The molecule has 0 fully saturated rings. The second-order valence-corrected chi connectivity index (χ2v) is 6.47. The number of carbonyl (C=O) groups is 1. The fourth-order valence-electron chi connectivity index (χ4n) is 2.85. The Balaban J connectivity index is 1.72. The molecule has 2 aromatic carbocycles. The zero-order valence-electron chi connectivity index (χ0n) is 16.1. The molecule has 0 aliphatic carbocycles. The number of phenols is 1. The monoisotopic (exact) mass is 391 g/mol. The Morgan fingerprint density at radius 1 is 1.21 bits per heavy atom. The molecule has 0 spiro atoms. The Morgan fingerprint density at radius 3 is 2.76 bits per heavy atom. The first-order chi connectivity index (χ1) is 14.0. The second kappa shape index (κ2) is 8.88. The molecule has 0 radical (unpaired) electrons. The van der Waals surface area contributed by atoms with Crippen LogP contribution >= 0.6 is 0 Å². The molecule has 7 nitrogen and oxygen atoms in total. The maximum atomic E-state index is 12.7. The van der Waals surface area contributed by atoms with Crippen molar-refractivity contribution in [1.29, 1.82) is 0 Å². The highest BCUT2D eigenvalue weighted by Gasteiger charge is 2.11. The van der Waals surface area contributed by atoms with Gasteiger partial charge in [0.25, 0.3) is 11.5 Å². The highest BCUT2D eigenvalue weighted by Crippen LogP contribution is 2.25. The largest absolute Gasteiger partial charge is 0.504 e. The SMILES string of the molecule is COc1ccc(/C=N\NC(=O)c2cccn(Cc3cccc(C)c3)c2=O)cc1O. The predicted molar refractivity (Wildman–Crippen MR) is 111 cm³/mol. The summed E-state index contributed by atoms with van der Waals surface area (Å²) in [6, 6.07) is 15.6. The van der Waals surface area contributed by atoms with Gasteiger partial charge < -0.3 is 14.4 Å². The van der Waals surface area contributed by atoms with Crippen molar-refractivity contribution < 1.29 is 14.6 Å². The molecular formula is C22H21N3O4. The van der Waals surface area contributed by atoms with Gasteiger partial charge in [-0.25, -0.2) is 5.43 Å². The lowest BCUT2D eigenvalue weighted by Gasteiger charge is -2.08. The van der Waals surface area contributed by atoms with Gasteiger partial charge in [-0.15, -0.1) is 0 Å². The third-order valence-corrected chi connectivity index (χ3v) is 4.28. The van der Waals surface area contributed by atoms with Gasteiger partial charge >= 0.3 is 0 Å². The topological polar surface area (TPSA) is 92.9 Å². The lowest BCUT2D eigenvalue weighted by atomic mass is 10.1. The summed E-state index contributed by atoms with van der Waals surface area (Å²) in [5.41, 5.74) is 4.57. The van der Waals surface area contributed by atoms with Gasteiger partial charge in [-0.05, 0) is 48.4 Å². The van der Waals surface area contributed by atoms with Crippen LogP contribution in [0.15, 0.2) is 70.7 Å². The Morgan fingerprint density at radius 2 is 2.03 bits per heavy atom. The van der Waals surface area contributed by atoms with Crippen LogP contribution < -0.4 is 15.7 Å². The minimum absolute atomic E-state index is 0.00474. The van der Waals surface area contributed by atoms with Crippen LogP contribution in [0.3, 0.4) is 0 Å². The summed E-state index contributed by atoms with van der Waals surface area (Å²) in [7, 11) is 1.45. The molecule has 0 aliphatic rings. The molecule has 3 rings (SSSR count). The summed E-state index contributed by atoms with van der Waals surface area (Å²) in [6.07, 6.45) is 3.01. The molecule has 29 heavy (non-hydrogen) atoms. The molecule has 0 bridgehead atoms. The minimum Gasteiger partial charge on any atom is -0.504 e. The number of aromatic hydroxyl groups is 1. The van der Waals surface area contributed by atoms with Crippen molar-refractivity contribution in [1.82, 2.24) is 9.99 Å². The second-order valence-electron chi connectivity index (χ2n) is 6.47. The number of ether oxygens (including phenoxy) is 1. The van der Waals surface area contributed by atoms with Gasteiger partial charge in [-0.3, -0.25) is 9.59 Å². The Kier molecular flexibility index (Phi) is 6.09.